The minimum atomic E-state index is -0.260. The van der Waals surface area contributed by atoms with Gasteiger partial charge in [-0.1, -0.05) is 17.6 Å². The third kappa shape index (κ3) is 5.59. The van der Waals surface area contributed by atoms with Gasteiger partial charge in [0.25, 0.3) is 5.91 Å². The average Bonchev–Trinajstić information content (AvgIpc) is 3.30. The van der Waals surface area contributed by atoms with E-state index in [1.54, 1.807) is 12.3 Å². The van der Waals surface area contributed by atoms with Gasteiger partial charge in [-0.05, 0) is 50.1 Å². The molecule has 0 aliphatic carbocycles. The van der Waals surface area contributed by atoms with Gasteiger partial charge >= 0.3 is 0 Å². The van der Waals surface area contributed by atoms with Crippen LogP contribution in [0.1, 0.15) is 41.9 Å². The lowest BCUT2D eigenvalue weighted by Crippen LogP contribution is -2.43. The number of nitrogens with zero attached hydrogens (tertiary/aromatic N) is 3. The number of hydrogen-bond donors (Lipinski definition) is 2. The van der Waals surface area contributed by atoms with Crippen LogP contribution in [-0.4, -0.2) is 58.3 Å². The summed E-state index contributed by atoms with van der Waals surface area (Å²) in [5.41, 5.74) is 1.15. The molecule has 1 atom stereocenters. The van der Waals surface area contributed by atoms with Gasteiger partial charge in [0.2, 0.25) is 0 Å². The second-order valence-electron chi connectivity index (χ2n) is 7.80. The normalized spacial score (nSPS) is 17.0. The molecule has 1 aliphatic rings. The fourth-order valence-corrected chi connectivity index (χ4v) is 3.92. The van der Waals surface area contributed by atoms with E-state index in [2.05, 4.69) is 20.4 Å². The summed E-state index contributed by atoms with van der Waals surface area (Å²) in [5, 5.41) is 17.2. The summed E-state index contributed by atoms with van der Waals surface area (Å²) in [7, 11) is 0. The predicted octanol–water partition coefficient (Wildman–Crippen LogP) is 2.77. The summed E-state index contributed by atoms with van der Waals surface area (Å²) >= 11 is 0. The SMILES string of the molecule is O=C(NCCCN1CCCCC1CO)c1cc(COc2ccc3ncccc3c2)on1. The lowest BCUT2D eigenvalue weighted by atomic mass is 10.0. The first-order valence-electron chi connectivity index (χ1n) is 10.8. The molecule has 164 valence electrons. The smallest absolute Gasteiger partial charge is 0.273 e. The van der Waals surface area contributed by atoms with Crippen LogP contribution in [0.5, 0.6) is 5.75 Å². The Hall–Kier alpha value is -2.97. The van der Waals surface area contributed by atoms with Crippen molar-refractivity contribution in [3.63, 3.8) is 0 Å². The Morgan fingerprint density at radius 3 is 3.13 bits per heavy atom. The summed E-state index contributed by atoms with van der Waals surface area (Å²) in [5.74, 6) is 0.918. The molecule has 1 fully saturated rings. The number of rotatable bonds is 9. The number of hydrogen-bond acceptors (Lipinski definition) is 7. The van der Waals surface area contributed by atoms with Crippen molar-refractivity contribution in [2.75, 3.05) is 26.2 Å². The number of aliphatic hydroxyl groups excluding tert-OH is 1. The van der Waals surface area contributed by atoms with Crippen molar-refractivity contribution in [1.29, 1.82) is 0 Å². The zero-order valence-electron chi connectivity index (χ0n) is 17.5. The Labute approximate surface area is 181 Å². The molecule has 31 heavy (non-hydrogen) atoms. The lowest BCUT2D eigenvalue weighted by Gasteiger charge is -2.34. The highest BCUT2D eigenvalue weighted by Gasteiger charge is 2.21. The Bertz CT molecular complexity index is 1010. The summed E-state index contributed by atoms with van der Waals surface area (Å²) in [6, 6.07) is 11.4. The molecule has 0 radical (unpaired) electrons. The lowest BCUT2D eigenvalue weighted by molar-refractivity contribution is 0.0865. The Balaban J connectivity index is 1.21. The van der Waals surface area contributed by atoms with E-state index in [1.807, 2.05) is 30.3 Å². The predicted molar refractivity (Wildman–Crippen MR) is 116 cm³/mol. The van der Waals surface area contributed by atoms with Crippen LogP contribution in [0.25, 0.3) is 10.9 Å². The van der Waals surface area contributed by atoms with Crippen LogP contribution < -0.4 is 10.1 Å². The maximum atomic E-state index is 12.3. The number of ether oxygens (including phenoxy) is 1. The number of aromatic nitrogens is 2. The van der Waals surface area contributed by atoms with Crippen LogP contribution in [0, 0.1) is 0 Å². The minimum absolute atomic E-state index is 0.184. The number of aliphatic hydroxyl groups is 1. The van der Waals surface area contributed by atoms with Gasteiger partial charge in [-0.3, -0.25) is 14.7 Å². The van der Waals surface area contributed by atoms with Crippen LogP contribution in [-0.2, 0) is 6.61 Å². The van der Waals surface area contributed by atoms with E-state index >= 15 is 0 Å². The van der Waals surface area contributed by atoms with Gasteiger partial charge in [-0.2, -0.15) is 0 Å². The Kier molecular flexibility index (Phi) is 7.11. The zero-order valence-corrected chi connectivity index (χ0v) is 17.5. The first-order chi connectivity index (χ1) is 15.2. The Morgan fingerprint density at radius 1 is 1.29 bits per heavy atom. The van der Waals surface area contributed by atoms with Gasteiger partial charge in [-0.15, -0.1) is 0 Å². The van der Waals surface area contributed by atoms with E-state index in [9.17, 15) is 9.90 Å². The molecule has 1 aromatic carbocycles. The highest BCUT2D eigenvalue weighted by atomic mass is 16.5. The third-order valence-electron chi connectivity index (χ3n) is 5.61. The number of carbonyl (C=O) groups is 1. The van der Waals surface area contributed by atoms with Gasteiger partial charge in [0.1, 0.15) is 12.4 Å². The van der Waals surface area contributed by atoms with Crippen molar-refractivity contribution in [3.05, 3.63) is 54.0 Å². The number of pyridine rings is 1. The third-order valence-corrected chi connectivity index (χ3v) is 5.61. The number of piperidine rings is 1. The number of nitrogens with one attached hydrogen (secondary N) is 1. The topological polar surface area (TPSA) is 101 Å². The average molecular weight is 425 g/mol. The molecule has 3 aromatic rings. The molecular formula is C23H28N4O4. The largest absolute Gasteiger partial charge is 0.486 e. The van der Waals surface area contributed by atoms with Crippen molar-refractivity contribution >= 4 is 16.8 Å². The number of fused-ring (bicyclic) bond motifs is 1. The van der Waals surface area contributed by atoms with Crippen molar-refractivity contribution in [1.82, 2.24) is 20.4 Å². The van der Waals surface area contributed by atoms with Gasteiger partial charge in [-0.25, -0.2) is 0 Å². The van der Waals surface area contributed by atoms with E-state index in [0.29, 0.717) is 18.1 Å². The van der Waals surface area contributed by atoms with Crippen LogP contribution in [0.4, 0.5) is 0 Å². The first-order valence-corrected chi connectivity index (χ1v) is 10.8. The molecule has 0 spiro atoms. The van der Waals surface area contributed by atoms with Crippen molar-refractivity contribution in [2.45, 2.75) is 38.3 Å². The van der Waals surface area contributed by atoms with Crippen LogP contribution in [0.3, 0.4) is 0 Å². The molecule has 8 nitrogen and oxygen atoms in total. The van der Waals surface area contributed by atoms with Crippen molar-refractivity contribution in [2.24, 2.45) is 0 Å². The second kappa shape index (κ2) is 10.4. The molecule has 2 N–H and O–H groups in total. The van der Waals surface area contributed by atoms with E-state index in [4.69, 9.17) is 9.26 Å². The Morgan fingerprint density at radius 2 is 2.23 bits per heavy atom. The summed E-state index contributed by atoms with van der Waals surface area (Å²) in [6.07, 6.45) is 5.97. The van der Waals surface area contributed by atoms with Gasteiger partial charge in [0, 0.05) is 36.8 Å². The van der Waals surface area contributed by atoms with Crippen LogP contribution in [0.15, 0.2) is 47.1 Å². The van der Waals surface area contributed by atoms with Gasteiger partial charge in [0.05, 0.1) is 12.1 Å². The highest BCUT2D eigenvalue weighted by Crippen LogP contribution is 2.20. The molecule has 0 bridgehead atoms. The summed E-state index contributed by atoms with van der Waals surface area (Å²) < 4.78 is 11.0. The molecule has 4 rings (SSSR count). The standard InChI is InChI=1S/C23H28N4O4/c28-15-18-6-1-2-11-27(18)12-4-10-25-23(29)22-14-20(31-26-22)16-30-19-7-8-21-17(13-19)5-3-9-24-21/h3,5,7-9,13-14,18,28H,1-2,4,6,10-12,15-16H2,(H,25,29). The summed E-state index contributed by atoms with van der Waals surface area (Å²) in [4.78, 5) is 18.9. The number of benzene rings is 1. The molecule has 1 unspecified atom stereocenters. The maximum absolute atomic E-state index is 12.3. The monoisotopic (exact) mass is 424 g/mol. The molecule has 8 heteroatoms. The summed E-state index contributed by atoms with van der Waals surface area (Å²) in [6.45, 7) is 2.82. The van der Waals surface area contributed by atoms with Crippen molar-refractivity contribution < 1.29 is 19.2 Å². The number of amides is 1. The van der Waals surface area contributed by atoms with Crippen molar-refractivity contribution in [3.8, 4) is 5.75 Å². The molecule has 3 heterocycles. The van der Waals surface area contributed by atoms with Gasteiger partial charge in [0.15, 0.2) is 11.5 Å². The van der Waals surface area contributed by atoms with E-state index in [1.165, 1.54) is 12.8 Å². The zero-order chi connectivity index (χ0) is 21.5. The fraction of sp³-hybridized carbons (Fsp3) is 0.435. The minimum Gasteiger partial charge on any atom is -0.486 e. The van der Waals surface area contributed by atoms with E-state index in [0.717, 1.165) is 36.8 Å². The molecule has 2 aromatic heterocycles. The first kappa shape index (κ1) is 21.3. The highest BCUT2D eigenvalue weighted by molar-refractivity contribution is 5.92. The molecule has 1 saturated heterocycles. The van der Waals surface area contributed by atoms with Gasteiger partial charge < -0.3 is 19.7 Å². The molecular weight excluding hydrogens is 396 g/mol. The van der Waals surface area contributed by atoms with Crippen LogP contribution in [0.2, 0.25) is 0 Å². The molecule has 0 saturated carbocycles. The molecule has 1 amide bonds. The van der Waals surface area contributed by atoms with E-state index in [-0.39, 0.29) is 30.9 Å². The second-order valence-corrected chi connectivity index (χ2v) is 7.80. The quantitative estimate of drug-likeness (QED) is 0.510. The van der Waals surface area contributed by atoms with E-state index < -0.39 is 0 Å². The number of carbonyl (C=O) groups excluding carboxylic acids is 1. The van der Waals surface area contributed by atoms with Crippen LogP contribution >= 0.6 is 0 Å². The molecule has 1 aliphatic heterocycles. The maximum Gasteiger partial charge on any atom is 0.273 e. The fourth-order valence-electron chi connectivity index (χ4n) is 3.92. The number of likely N-dealkylation sites (tertiary alicyclic amines) is 1.